The number of imidazole rings is 1. The average Bonchev–Trinajstić information content (AvgIpc) is 3.09. The third kappa shape index (κ3) is 2.91. The molecule has 0 saturated carbocycles. The van der Waals surface area contributed by atoms with Crippen LogP contribution in [0, 0.1) is 5.82 Å². The molecule has 0 fully saturated rings. The molecule has 0 aliphatic heterocycles. The Bertz CT molecular complexity index is 709. The molecule has 0 bridgehead atoms. The Labute approximate surface area is 128 Å². The monoisotopic (exact) mass is 351 g/mol. The Morgan fingerprint density at radius 3 is 3.00 bits per heavy atom. The van der Waals surface area contributed by atoms with Crippen molar-refractivity contribution in [3.63, 3.8) is 0 Å². The second-order valence-corrected chi connectivity index (χ2v) is 6.07. The SMILES string of the molecule is Fc1cc(NCc2cc(-n3ccnc3)cs2)ccc1Br. The lowest BCUT2D eigenvalue weighted by atomic mass is 10.3. The van der Waals surface area contributed by atoms with E-state index in [4.69, 9.17) is 0 Å². The zero-order chi connectivity index (χ0) is 13.9. The molecule has 0 amide bonds. The van der Waals surface area contributed by atoms with Crippen molar-refractivity contribution in [1.29, 1.82) is 0 Å². The van der Waals surface area contributed by atoms with Gasteiger partial charge in [-0.3, -0.25) is 0 Å². The van der Waals surface area contributed by atoms with Crippen molar-refractivity contribution in [2.75, 3.05) is 5.32 Å². The highest BCUT2D eigenvalue weighted by Crippen LogP contribution is 2.22. The minimum absolute atomic E-state index is 0.264. The molecular weight excluding hydrogens is 341 g/mol. The summed E-state index contributed by atoms with van der Waals surface area (Å²) in [6.45, 7) is 0.667. The highest BCUT2D eigenvalue weighted by molar-refractivity contribution is 9.10. The van der Waals surface area contributed by atoms with E-state index >= 15 is 0 Å². The van der Waals surface area contributed by atoms with E-state index in [1.165, 1.54) is 10.9 Å². The van der Waals surface area contributed by atoms with Gasteiger partial charge < -0.3 is 9.88 Å². The van der Waals surface area contributed by atoms with Gasteiger partial charge in [-0.1, -0.05) is 0 Å². The molecule has 0 radical (unpaired) electrons. The fourth-order valence-electron chi connectivity index (χ4n) is 1.80. The summed E-state index contributed by atoms with van der Waals surface area (Å²) in [5, 5.41) is 5.28. The van der Waals surface area contributed by atoms with Gasteiger partial charge in [-0.25, -0.2) is 9.37 Å². The van der Waals surface area contributed by atoms with Gasteiger partial charge in [-0.15, -0.1) is 11.3 Å². The maximum Gasteiger partial charge on any atom is 0.139 e. The molecule has 20 heavy (non-hydrogen) atoms. The third-order valence-corrected chi connectivity index (χ3v) is 4.40. The number of rotatable bonds is 4. The summed E-state index contributed by atoms with van der Waals surface area (Å²) >= 11 is 4.80. The first kappa shape index (κ1) is 13.3. The highest BCUT2D eigenvalue weighted by atomic mass is 79.9. The van der Waals surface area contributed by atoms with Crippen LogP contribution in [0.2, 0.25) is 0 Å². The molecule has 6 heteroatoms. The average molecular weight is 352 g/mol. The standard InChI is InChI=1S/C14H11BrFN3S/c15-13-2-1-10(5-14(13)16)18-7-12-6-11(8-20-12)19-4-3-17-9-19/h1-6,8-9,18H,7H2. The van der Waals surface area contributed by atoms with Crippen LogP contribution >= 0.6 is 27.3 Å². The Balaban J connectivity index is 1.68. The Hall–Kier alpha value is -1.66. The Morgan fingerprint density at radius 1 is 1.35 bits per heavy atom. The quantitative estimate of drug-likeness (QED) is 0.752. The summed E-state index contributed by atoms with van der Waals surface area (Å²) < 4.78 is 15.8. The molecule has 0 saturated heterocycles. The van der Waals surface area contributed by atoms with Crippen LogP contribution in [-0.2, 0) is 6.54 Å². The predicted molar refractivity (Wildman–Crippen MR) is 82.9 cm³/mol. The fraction of sp³-hybridized carbons (Fsp3) is 0.0714. The first-order valence-electron chi connectivity index (χ1n) is 5.97. The molecule has 0 aliphatic carbocycles. The van der Waals surface area contributed by atoms with E-state index in [0.717, 1.165) is 11.4 Å². The van der Waals surface area contributed by atoms with Crippen molar-refractivity contribution in [1.82, 2.24) is 9.55 Å². The molecular formula is C14H11BrFN3S. The number of nitrogens with zero attached hydrogens (tertiary/aromatic N) is 2. The topological polar surface area (TPSA) is 29.9 Å². The van der Waals surface area contributed by atoms with E-state index < -0.39 is 0 Å². The number of anilines is 1. The molecule has 1 N–H and O–H groups in total. The van der Waals surface area contributed by atoms with Gasteiger partial charge in [0.2, 0.25) is 0 Å². The van der Waals surface area contributed by atoms with Gasteiger partial charge in [0.05, 0.1) is 16.5 Å². The van der Waals surface area contributed by atoms with Gasteiger partial charge in [-0.05, 0) is 40.2 Å². The zero-order valence-corrected chi connectivity index (χ0v) is 12.8. The molecule has 3 nitrogen and oxygen atoms in total. The van der Waals surface area contributed by atoms with E-state index in [1.807, 2.05) is 16.8 Å². The van der Waals surface area contributed by atoms with Crippen molar-refractivity contribution in [3.8, 4) is 5.69 Å². The molecule has 102 valence electrons. The minimum Gasteiger partial charge on any atom is -0.380 e. The lowest BCUT2D eigenvalue weighted by Crippen LogP contribution is -1.98. The molecule has 3 rings (SSSR count). The van der Waals surface area contributed by atoms with Crippen LogP contribution in [0.3, 0.4) is 0 Å². The molecule has 2 heterocycles. The van der Waals surface area contributed by atoms with E-state index in [0.29, 0.717) is 11.0 Å². The van der Waals surface area contributed by atoms with Gasteiger partial charge in [0, 0.05) is 34.9 Å². The maximum atomic E-state index is 13.4. The summed E-state index contributed by atoms with van der Waals surface area (Å²) in [7, 11) is 0. The smallest absolute Gasteiger partial charge is 0.139 e. The molecule has 1 aromatic carbocycles. The van der Waals surface area contributed by atoms with Crippen molar-refractivity contribution < 1.29 is 4.39 Å². The van der Waals surface area contributed by atoms with Crippen LogP contribution in [0.15, 0.2) is 52.8 Å². The number of benzene rings is 1. The van der Waals surface area contributed by atoms with Crippen LogP contribution in [0.4, 0.5) is 10.1 Å². The van der Waals surface area contributed by atoms with E-state index in [1.54, 1.807) is 29.9 Å². The van der Waals surface area contributed by atoms with Crippen LogP contribution in [0.1, 0.15) is 4.88 Å². The van der Waals surface area contributed by atoms with Crippen molar-refractivity contribution in [2.45, 2.75) is 6.54 Å². The number of aromatic nitrogens is 2. The zero-order valence-electron chi connectivity index (χ0n) is 10.4. The maximum absolute atomic E-state index is 13.4. The van der Waals surface area contributed by atoms with Gasteiger partial charge in [-0.2, -0.15) is 0 Å². The lowest BCUT2D eigenvalue weighted by Gasteiger charge is -2.05. The second kappa shape index (κ2) is 5.76. The summed E-state index contributed by atoms with van der Waals surface area (Å²) in [6.07, 6.45) is 5.42. The molecule has 2 aromatic heterocycles. The molecule has 0 spiro atoms. The first-order valence-corrected chi connectivity index (χ1v) is 7.64. The van der Waals surface area contributed by atoms with Gasteiger partial charge in [0.25, 0.3) is 0 Å². The molecule has 0 unspecified atom stereocenters. The number of halogens is 2. The van der Waals surface area contributed by atoms with Crippen LogP contribution < -0.4 is 5.32 Å². The number of thiophene rings is 1. The van der Waals surface area contributed by atoms with E-state index in [9.17, 15) is 4.39 Å². The Morgan fingerprint density at radius 2 is 2.25 bits per heavy atom. The summed E-state index contributed by atoms with van der Waals surface area (Å²) in [6, 6.07) is 7.11. The van der Waals surface area contributed by atoms with Crippen molar-refractivity contribution >= 4 is 33.0 Å². The molecule has 3 aromatic rings. The first-order chi connectivity index (χ1) is 9.72. The van der Waals surface area contributed by atoms with E-state index in [-0.39, 0.29) is 5.82 Å². The third-order valence-electron chi connectivity index (χ3n) is 2.83. The highest BCUT2D eigenvalue weighted by Gasteiger charge is 2.03. The van der Waals surface area contributed by atoms with Gasteiger partial charge in [0.15, 0.2) is 0 Å². The number of hydrogen-bond donors (Lipinski definition) is 1. The van der Waals surface area contributed by atoms with Crippen LogP contribution in [-0.4, -0.2) is 9.55 Å². The largest absolute Gasteiger partial charge is 0.380 e. The summed E-state index contributed by atoms with van der Waals surface area (Å²) in [5.41, 5.74) is 1.86. The molecule has 0 aliphatic rings. The normalized spacial score (nSPS) is 10.7. The van der Waals surface area contributed by atoms with Gasteiger partial charge >= 0.3 is 0 Å². The number of hydrogen-bond acceptors (Lipinski definition) is 3. The van der Waals surface area contributed by atoms with Crippen molar-refractivity contribution in [2.24, 2.45) is 0 Å². The second-order valence-electron chi connectivity index (χ2n) is 4.22. The van der Waals surface area contributed by atoms with Crippen LogP contribution in [0.25, 0.3) is 5.69 Å². The Kier molecular flexibility index (Phi) is 3.84. The fourth-order valence-corrected chi connectivity index (χ4v) is 2.86. The van der Waals surface area contributed by atoms with Gasteiger partial charge in [0.1, 0.15) is 5.82 Å². The number of nitrogens with one attached hydrogen (secondary N) is 1. The van der Waals surface area contributed by atoms with E-state index in [2.05, 4.69) is 37.7 Å². The van der Waals surface area contributed by atoms with Crippen molar-refractivity contribution in [3.05, 3.63) is 63.5 Å². The summed E-state index contributed by atoms with van der Waals surface area (Å²) in [5.74, 6) is -0.264. The van der Waals surface area contributed by atoms with Crippen LogP contribution in [0.5, 0.6) is 0 Å². The lowest BCUT2D eigenvalue weighted by molar-refractivity contribution is 0.621. The minimum atomic E-state index is -0.264. The predicted octanol–water partition coefficient (Wildman–Crippen LogP) is 4.45. The molecule has 0 atom stereocenters. The summed E-state index contributed by atoms with van der Waals surface area (Å²) in [4.78, 5) is 5.20.